The Labute approximate surface area is 154 Å². The van der Waals surface area contributed by atoms with Crippen LogP contribution in [0.5, 0.6) is 0 Å². The van der Waals surface area contributed by atoms with Crippen molar-refractivity contribution in [3.05, 3.63) is 59.8 Å². The second-order valence-corrected chi connectivity index (χ2v) is 7.11. The maximum absolute atomic E-state index is 12.7. The number of nitrogens with zero attached hydrogens (tertiary/aromatic N) is 2. The molecule has 4 rings (SSSR count). The van der Waals surface area contributed by atoms with Crippen LogP contribution < -0.4 is 5.32 Å². The summed E-state index contributed by atoms with van der Waals surface area (Å²) in [6.45, 7) is 1.04. The van der Waals surface area contributed by atoms with Gasteiger partial charge in [-0.2, -0.15) is 0 Å². The van der Waals surface area contributed by atoms with Gasteiger partial charge in [0.2, 0.25) is 0 Å². The Balaban J connectivity index is 1.45. The summed E-state index contributed by atoms with van der Waals surface area (Å²) in [7, 11) is 0. The summed E-state index contributed by atoms with van der Waals surface area (Å²) in [5.41, 5.74) is 2.11. The van der Waals surface area contributed by atoms with Crippen LogP contribution in [0.3, 0.4) is 0 Å². The third kappa shape index (κ3) is 3.66. The topological polar surface area (TPSA) is 54.5 Å². The van der Waals surface area contributed by atoms with Gasteiger partial charge in [0, 0.05) is 24.3 Å². The number of amides is 1. The molecule has 2 aliphatic rings. The number of nitrogens with one attached hydrogen (secondary N) is 1. The van der Waals surface area contributed by atoms with E-state index in [9.17, 15) is 4.79 Å². The number of likely N-dealkylation sites (tertiary alicyclic amines) is 1. The molecule has 2 aromatic rings. The van der Waals surface area contributed by atoms with Gasteiger partial charge in [0.15, 0.2) is 0 Å². The van der Waals surface area contributed by atoms with Crippen LogP contribution in [0.25, 0.3) is 0 Å². The van der Waals surface area contributed by atoms with Crippen molar-refractivity contribution in [2.24, 2.45) is 0 Å². The highest BCUT2D eigenvalue weighted by Crippen LogP contribution is 2.36. The van der Waals surface area contributed by atoms with Crippen LogP contribution in [0, 0.1) is 0 Å². The third-order valence-electron chi connectivity index (χ3n) is 5.34. The molecule has 1 aromatic carbocycles. The minimum atomic E-state index is -0.241. The lowest BCUT2D eigenvalue weighted by molar-refractivity contribution is 0.0921. The minimum Gasteiger partial charge on any atom is -0.445 e. The van der Waals surface area contributed by atoms with Crippen LogP contribution in [0.1, 0.15) is 49.3 Å². The second-order valence-electron chi connectivity index (χ2n) is 7.11. The van der Waals surface area contributed by atoms with E-state index >= 15 is 0 Å². The van der Waals surface area contributed by atoms with Crippen molar-refractivity contribution < 1.29 is 9.53 Å². The normalized spacial score (nSPS) is 19.8. The van der Waals surface area contributed by atoms with Crippen LogP contribution >= 0.6 is 0 Å². The van der Waals surface area contributed by atoms with Gasteiger partial charge in [-0.1, -0.05) is 36.4 Å². The number of rotatable bonds is 5. The van der Waals surface area contributed by atoms with E-state index in [-0.39, 0.29) is 12.1 Å². The van der Waals surface area contributed by atoms with Gasteiger partial charge in [-0.05, 0) is 43.7 Å². The molecule has 0 radical (unpaired) electrons. The molecule has 0 spiro atoms. The molecular weight excluding hydrogens is 326 g/mol. The number of hydrogen-bond acceptors (Lipinski definition) is 4. The summed E-state index contributed by atoms with van der Waals surface area (Å²) < 4.78 is 5.56. The zero-order valence-corrected chi connectivity index (χ0v) is 14.9. The number of carbonyl (C=O) groups is 1. The lowest BCUT2D eigenvalue weighted by atomic mass is 9.92. The van der Waals surface area contributed by atoms with Crippen LogP contribution in [0.4, 0.5) is 10.6 Å². The zero-order valence-electron chi connectivity index (χ0n) is 14.9. The molecule has 1 saturated heterocycles. The van der Waals surface area contributed by atoms with Gasteiger partial charge in [-0.15, -0.1) is 0 Å². The predicted molar refractivity (Wildman–Crippen MR) is 101 cm³/mol. The Hall–Kier alpha value is -2.56. The molecule has 0 bridgehead atoms. The highest BCUT2D eigenvalue weighted by Gasteiger charge is 2.33. The first-order valence-electron chi connectivity index (χ1n) is 9.50. The van der Waals surface area contributed by atoms with E-state index in [0.29, 0.717) is 12.6 Å². The Morgan fingerprint density at radius 1 is 1.12 bits per heavy atom. The Kier molecular flexibility index (Phi) is 5.04. The Morgan fingerprint density at radius 2 is 1.96 bits per heavy atom. The van der Waals surface area contributed by atoms with E-state index in [2.05, 4.69) is 16.4 Å². The van der Waals surface area contributed by atoms with Crippen molar-refractivity contribution in [3.8, 4) is 0 Å². The first-order valence-corrected chi connectivity index (χ1v) is 9.50. The fourth-order valence-electron chi connectivity index (χ4n) is 3.66. The van der Waals surface area contributed by atoms with Crippen molar-refractivity contribution in [2.75, 3.05) is 11.9 Å². The maximum atomic E-state index is 12.7. The van der Waals surface area contributed by atoms with Crippen LogP contribution in [0.2, 0.25) is 0 Å². The van der Waals surface area contributed by atoms with Crippen LogP contribution in [-0.2, 0) is 11.3 Å². The SMILES string of the molecule is O=C(OCc1ccccc1)N1CCCC1c1cccnc1NC1CCC1. The molecule has 2 fully saturated rings. The Bertz CT molecular complexity index is 746. The molecule has 1 aliphatic carbocycles. The summed E-state index contributed by atoms with van der Waals surface area (Å²) in [4.78, 5) is 19.1. The number of benzene rings is 1. The van der Waals surface area contributed by atoms with Crippen LogP contribution in [-0.4, -0.2) is 28.6 Å². The van der Waals surface area contributed by atoms with Gasteiger partial charge in [-0.25, -0.2) is 9.78 Å². The van der Waals surface area contributed by atoms with E-state index in [4.69, 9.17) is 4.74 Å². The highest BCUT2D eigenvalue weighted by atomic mass is 16.6. The molecule has 1 aromatic heterocycles. The molecule has 1 N–H and O–H groups in total. The van der Waals surface area contributed by atoms with Gasteiger partial charge in [0.1, 0.15) is 12.4 Å². The molecule has 26 heavy (non-hydrogen) atoms. The standard InChI is InChI=1S/C21H25N3O2/c25-21(26-15-16-7-2-1-3-8-16)24-14-6-12-19(24)18-11-5-13-22-20(18)23-17-9-4-10-17/h1-3,5,7-8,11,13,17,19H,4,6,9-10,12,14-15H2,(H,22,23). The lowest BCUT2D eigenvalue weighted by Crippen LogP contribution is -2.33. The number of pyridine rings is 1. The fourth-order valence-corrected chi connectivity index (χ4v) is 3.66. The third-order valence-corrected chi connectivity index (χ3v) is 5.34. The van der Waals surface area contributed by atoms with Gasteiger partial charge >= 0.3 is 6.09 Å². The molecular formula is C21H25N3O2. The molecule has 1 aliphatic heterocycles. The van der Waals surface area contributed by atoms with Crippen LogP contribution in [0.15, 0.2) is 48.7 Å². The van der Waals surface area contributed by atoms with Gasteiger partial charge < -0.3 is 15.0 Å². The average molecular weight is 351 g/mol. The number of carbonyl (C=O) groups excluding carboxylic acids is 1. The maximum Gasteiger partial charge on any atom is 0.410 e. The van der Waals surface area contributed by atoms with Crippen molar-refractivity contribution in [1.29, 1.82) is 0 Å². The zero-order chi connectivity index (χ0) is 17.8. The highest BCUT2D eigenvalue weighted by molar-refractivity contribution is 5.69. The van der Waals surface area contributed by atoms with E-state index in [1.165, 1.54) is 19.3 Å². The van der Waals surface area contributed by atoms with Crippen molar-refractivity contribution >= 4 is 11.9 Å². The molecule has 1 saturated carbocycles. The number of aromatic nitrogens is 1. The molecule has 2 heterocycles. The number of anilines is 1. The largest absolute Gasteiger partial charge is 0.445 e. The summed E-state index contributed by atoms with van der Waals surface area (Å²) in [5.74, 6) is 0.921. The Morgan fingerprint density at radius 3 is 2.73 bits per heavy atom. The summed E-state index contributed by atoms with van der Waals surface area (Å²) in [6, 6.07) is 14.4. The smallest absolute Gasteiger partial charge is 0.410 e. The number of ether oxygens (including phenoxy) is 1. The molecule has 5 heteroatoms. The monoisotopic (exact) mass is 351 g/mol. The van der Waals surface area contributed by atoms with E-state index in [1.54, 1.807) is 0 Å². The van der Waals surface area contributed by atoms with Gasteiger partial charge in [0.05, 0.1) is 6.04 Å². The fraction of sp³-hybridized carbons (Fsp3) is 0.429. The quantitative estimate of drug-likeness (QED) is 0.860. The lowest BCUT2D eigenvalue weighted by Gasteiger charge is -2.30. The molecule has 1 atom stereocenters. The molecule has 1 unspecified atom stereocenters. The molecule has 136 valence electrons. The van der Waals surface area contributed by atoms with Crippen molar-refractivity contribution in [3.63, 3.8) is 0 Å². The van der Waals surface area contributed by atoms with Crippen molar-refractivity contribution in [2.45, 2.75) is 50.8 Å². The van der Waals surface area contributed by atoms with E-state index in [0.717, 1.165) is 36.3 Å². The summed E-state index contributed by atoms with van der Waals surface area (Å²) >= 11 is 0. The summed E-state index contributed by atoms with van der Waals surface area (Å²) in [6.07, 6.45) is 7.19. The first kappa shape index (κ1) is 16.9. The van der Waals surface area contributed by atoms with E-state index < -0.39 is 0 Å². The minimum absolute atomic E-state index is 0.0366. The van der Waals surface area contributed by atoms with E-state index in [1.807, 2.05) is 47.5 Å². The van der Waals surface area contributed by atoms with Crippen molar-refractivity contribution in [1.82, 2.24) is 9.88 Å². The molecule has 5 nitrogen and oxygen atoms in total. The van der Waals surface area contributed by atoms with Gasteiger partial charge in [0.25, 0.3) is 0 Å². The molecule has 1 amide bonds. The van der Waals surface area contributed by atoms with Gasteiger partial charge in [-0.3, -0.25) is 0 Å². The second kappa shape index (κ2) is 7.77. The summed E-state index contributed by atoms with van der Waals surface area (Å²) in [5, 5.41) is 3.55. The number of hydrogen-bond donors (Lipinski definition) is 1. The average Bonchev–Trinajstić information content (AvgIpc) is 3.13. The first-order chi connectivity index (χ1) is 12.8. The predicted octanol–water partition coefficient (Wildman–Crippen LogP) is 4.52.